The van der Waals surface area contributed by atoms with E-state index in [1.165, 1.54) is 0 Å². The van der Waals surface area contributed by atoms with E-state index in [-0.39, 0.29) is 0 Å². The maximum Gasteiger partial charge on any atom is 0.119 e. The zero-order valence-corrected chi connectivity index (χ0v) is 12.0. The summed E-state index contributed by atoms with van der Waals surface area (Å²) in [6.07, 6.45) is 3.77. The van der Waals surface area contributed by atoms with Crippen LogP contribution in [-0.2, 0) is 11.3 Å². The van der Waals surface area contributed by atoms with Crippen molar-refractivity contribution >= 4 is 5.69 Å². The number of nitrogens with zero attached hydrogens (tertiary/aromatic N) is 3. The molecule has 0 bridgehead atoms. The highest BCUT2D eigenvalue weighted by molar-refractivity contribution is 5.48. The van der Waals surface area contributed by atoms with Crippen molar-refractivity contribution in [2.75, 3.05) is 38.8 Å². The SMILES string of the molecule is COCCOc1ccc(N(C)CCn2cccn2)cc1. The summed E-state index contributed by atoms with van der Waals surface area (Å²) in [7, 11) is 3.74. The van der Waals surface area contributed by atoms with Gasteiger partial charge in [0.15, 0.2) is 0 Å². The Morgan fingerprint density at radius 1 is 1.20 bits per heavy atom. The molecule has 0 fully saturated rings. The van der Waals surface area contributed by atoms with Gasteiger partial charge in [-0.05, 0) is 30.3 Å². The molecule has 5 heteroatoms. The molecule has 2 rings (SSSR count). The van der Waals surface area contributed by atoms with E-state index in [0.717, 1.165) is 24.5 Å². The minimum absolute atomic E-state index is 0.574. The summed E-state index contributed by atoms with van der Waals surface area (Å²) in [5, 5.41) is 4.20. The van der Waals surface area contributed by atoms with Crippen LogP contribution in [0, 0.1) is 0 Å². The molecule has 0 N–H and O–H groups in total. The number of anilines is 1. The molecule has 1 aromatic heterocycles. The van der Waals surface area contributed by atoms with Gasteiger partial charge >= 0.3 is 0 Å². The summed E-state index contributed by atoms with van der Waals surface area (Å²) in [6.45, 7) is 2.96. The Morgan fingerprint density at radius 2 is 2.00 bits per heavy atom. The van der Waals surface area contributed by atoms with Crippen LogP contribution in [0.2, 0.25) is 0 Å². The topological polar surface area (TPSA) is 39.5 Å². The summed E-state index contributed by atoms with van der Waals surface area (Å²) in [4.78, 5) is 2.20. The van der Waals surface area contributed by atoms with Gasteiger partial charge in [-0.2, -0.15) is 5.10 Å². The monoisotopic (exact) mass is 275 g/mol. The average molecular weight is 275 g/mol. The summed E-state index contributed by atoms with van der Waals surface area (Å²) < 4.78 is 12.4. The normalized spacial score (nSPS) is 10.5. The molecule has 0 aliphatic carbocycles. The molecule has 0 aliphatic heterocycles. The second-order valence-electron chi connectivity index (χ2n) is 4.53. The van der Waals surface area contributed by atoms with Crippen LogP contribution in [0.25, 0.3) is 0 Å². The van der Waals surface area contributed by atoms with E-state index >= 15 is 0 Å². The lowest BCUT2D eigenvalue weighted by Crippen LogP contribution is -2.22. The summed E-state index contributed by atoms with van der Waals surface area (Å²) in [6, 6.07) is 10.0. The molecule has 1 aromatic carbocycles. The Balaban J connectivity index is 1.82. The molecule has 0 unspecified atom stereocenters. The molecule has 108 valence electrons. The van der Waals surface area contributed by atoms with Gasteiger partial charge in [-0.3, -0.25) is 4.68 Å². The molecule has 0 atom stereocenters. The first-order valence-corrected chi connectivity index (χ1v) is 6.70. The number of methoxy groups -OCH3 is 1. The van der Waals surface area contributed by atoms with Crippen LogP contribution in [-0.4, -0.2) is 43.7 Å². The number of hydrogen-bond acceptors (Lipinski definition) is 4. The average Bonchev–Trinajstić information content (AvgIpc) is 2.99. The zero-order chi connectivity index (χ0) is 14.2. The second-order valence-corrected chi connectivity index (χ2v) is 4.53. The fraction of sp³-hybridized carbons (Fsp3) is 0.400. The van der Waals surface area contributed by atoms with Gasteiger partial charge in [-0.25, -0.2) is 0 Å². The van der Waals surface area contributed by atoms with Gasteiger partial charge in [-0.1, -0.05) is 0 Å². The smallest absolute Gasteiger partial charge is 0.119 e. The minimum atomic E-state index is 0.574. The molecular formula is C15H21N3O2. The second kappa shape index (κ2) is 7.55. The van der Waals surface area contributed by atoms with Crippen molar-refractivity contribution in [3.05, 3.63) is 42.7 Å². The zero-order valence-electron chi connectivity index (χ0n) is 12.0. The molecule has 2 aromatic rings. The van der Waals surface area contributed by atoms with E-state index in [4.69, 9.17) is 9.47 Å². The molecule has 0 aliphatic rings. The Bertz CT molecular complexity index is 482. The lowest BCUT2D eigenvalue weighted by Gasteiger charge is -2.19. The first-order chi connectivity index (χ1) is 9.79. The number of ether oxygens (including phenoxy) is 2. The number of likely N-dealkylation sites (N-methyl/N-ethyl adjacent to an activating group) is 1. The van der Waals surface area contributed by atoms with Gasteiger partial charge < -0.3 is 14.4 Å². The molecule has 0 saturated carbocycles. The minimum Gasteiger partial charge on any atom is -0.491 e. The molecule has 1 heterocycles. The van der Waals surface area contributed by atoms with E-state index in [9.17, 15) is 0 Å². The van der Waals surface area contributed by atoms with Crippen LogP contribution in [0.4, 0.5) is 5.69 Å². The molecular weight excluding hydrogens is 254 g/mol. The van der Waals surface area contributed by atoms with Crippen molar-refractivity contribution in [3.8, 4) is 5.75 Å². The molecule has 0 saturated heterocycles. The first kappa shape index (κ1) is 14.4. The third kappa shape index (κ3) is 4.28. The molecule has 0 amide bonds. The van der Waals surface area contributed by atoms with Gasteiger partial charge in [0.25, 0.3) is 0 Å². The number of rotatable bonds is 8. The summed E-state index contributed by atoms with van der Waals surface area (Å²) >= 11 is 0. The third-order valence-corrected chi connectivity index (χ3v) is 3.06. The molecule has 0 radical (unpaired) electrons. The Morgan fingerprint density at radius 3 is 2.65 bits per heavy atom. The predicted molar refractivity (Wildman–Crippen MR) is 79.3 cm³/mol. The van der Waals surface area contributed by atoms with E-state index in [0.29, 0.717) is 13.2 Å². The van der Waals surface area contributed by atoms with E-state index in [2.05, 4.69) is 29.2 Å². The summed E-state index contributed by atoms with van der Waals surface area (Å²) in [5.41, 5.74) is 1.16. The van der Waals surface area contributed by atoms with Gasteiger partial charge in [-0.15, -0.1) is 0 Å². The maximum atomic E-state index is 5.54. The van der Waals surface area contributed by atoms with Crippen molar-refractivity contribution in [3.63, 3.8) is 0 Å². The first-order valence-electron chi connectivity index (χ1n) is 6.70. The number of hydrogen-bond donors (Lipinski definition) is 0. The van der Waals surface area contributed by atoms with E-state index in [1.54, 1.807) is 13.3 Å². The highest BCUT2D eigenvalue weighted by Gasteiger charge is 2.02. The molecule has 20 heavy (non-hydrogen) atoms. The Labute approximate surface area is 119 Å². The maximum absolute atomic E-state index is 5.54. The van der Waals surface area contributed by atoms with Gasteiger partial charge in [0.1, 0.15) is 12.4 Å². The van der Waals surface area contributed by atoms with Crippen LogP contribution >= 0.6 is 0 Å². The lowest BCUT2D eigenvalue weighted by molar-refractivity contribution is 0.146. The predicted octanol–water partition coefficient (Wildman–Crippen LogP) is 2.04. The summed E-state index contributed by atoms with van der Waals surface area (Å²) in [5.74, 6) is 0.867. The van der Waals surface area contributed by atoms with Gasteiger partial charge in [0.05, 0.1) is 13.2 Å². The quantitative estimate of drug-likeness (QED) is 0.691. The standard InChI is InChI=1S/C15H21N3O2/c1-17(10-11-18-9-3-8-16-18)14-4-6-15(7-5-14)20-13-12-19-2/h3-9H,10-13H2,1-2H3. The van der Waals surface area contributed by atoms with Crippen LogP contribution in [0.1, 0.15) is 0 Å². The molecule has 5 nitrogen and oxygen atoms in total. The third-order valence-electron chi connectivity index (χ3n) is 3.06. The largest absolute Gasteiger partial charge is 0.491 e. The fourth-order valence-corrected chi connectivity index (χ4v) is 1.85. The van der Waals surface area contributed by atoms with Crippen molar-refractivity contribution in [1.29, 1.82) is 0 Å². The fourth-order valence-electron chi connectivity index (χ4n) is 1.85. The van der Waals surface area contributed by atoms with Crippen molar-refractivity contribution in [2.45, 2.75) is 6.54 Å². The Hall–Kier alpha value is -2.01. The number of benzene rings is 1. The van der Waals surface area contributed by atoms with Crippen LogP contribution < -0.4 is 9.64 Å². The Kier molecular flexibility index (Phi) is 5.43. The highest BCUT2D eigenvalue weighted by Crippen LogP contribution is 2.18. The van der Waals surface area contributed by atoms with E-state index in [1.807, 2.05) is 29.1 Å². The van der Waals surface area contributed by atoms with Crippen molar-refractivity contribution in [2.24, 2.45) is 0 Å². The van der Waals surface area contributed by atoms with Crippen LogP contribution in [0.5, 0.6) is 5.75 Å². The van der Waals surface area contributed by atoms with Gasteiger partial charge in [0.2, 0.25) is 0 Å². The molecule has 0 spiro atoms. The van der Waals surface area contributed by atoms with Crippen molar-refractivity contribution in [1.82, 2.24) is 9.78 Å². The lowest BCUT2D eigenvalue weighted by atomic mass is 10.3. The number of aromatic nitrogens is 2. The van der Waals surface area contributed by atoms with Crippen LogP contribution in [0.15, 0.2) is 42.7 Å². The highest BCUT2D eigenvalue weighted by atomic mass is 16.5. The van der Waals surface area contributed by atoms with E-state index < -0.39 is 0 Å². The van der Waals surface area contributed by atoms with Crippen LogP contribution in [0.3, 0.4) is 0 Å². The van der Waals surface area contributed by atoms with Crippen molar-refractivity contribution < 1.29 is 9.47 Å². The van der Waals surface area contributed by atoms with Gasteiger partial charge in [0, 0.05) is 38.8 Å².